The van der Waals surface area contributed by atoms with Gasteiger partial charge < -0.3 is 73.8 Å². The van der Waals surface area contributed by atoms with Crippen LogP contribution in [0.15, 0.2) is 0 Å². The van der Waals surface area contributed by atoms with Gasteiger partial charge in [-0.3, -0.25) is 52.7 Å². The number of carbonyl (C=O) groups is 12. The maximum Gasteiger partial charge on any atom is 0.328 e. The van der Waals surface area contributed by atoms with Crippen LogP contribution in [-0.2, 0) is 57.5 Å². The molecule has 0 saturated carbocycles. The molecule has 0 radical (unpaired) electrons. The first-order valence-electron chi connectivity index (χ1n) is 18.1. The van der Waals surface area contributed by atoms with Crippen LogP contribution in [0.25, 0.3) is 0 Å². The number of hydrogen-bond donors (Lipinski definition) is 13. The summed E-state index contributed by atoms with van der Waals surface area (Å²) in [5.41, 5.74) is 11.1. The summed E-state index contributed by atoms with van der Waals surface area (Å²) < 4.78 is 0. The Labute approximate surface area is 335 Å². The van der Waals surface area contributed by atoms with Crippen molar-refractivity contribution in [1.29, 1.82) is 0 Å². The SMILES string of the molecule is CC[C@H](C)[C@H](N)C(=O)N[C@@H](CC(=O)O)C(=O)N1CCC[C@H]1C(=O)N[C@@H](CC(=O)O)C(=O)N[C@@H](CC(N)=O)C(=O)NCC(=O)N[C@@H](CC(=O)O)C(=O)N[C@H](C(=O)O)[C@@H](C)O. The zero-order chi connectivity index (χ0) is 45.3. The number of primary amides is 1. The zero-order valence-corrected chi connectivity index (χ0v) is 32.3. The van der Waals surface area contributed by atoms with Gasteiger partial charge in [0.2, 0.25) is 47.3 Å². The number of aliphatic carboxylic acids is 4. The highest BCUT2D eigenvalue weighted by atomic mass is 16.4. The Morgan fingerprint density at radius 3 is 1.66 bits per heavy atom. The minimum atomic E-state index is -1.97. The van der Waals surface area contributed by atoms with Crippen LogP contribution in [-0.4, -0.2) is 163 Å². The van der Waals surface area contributed by atoms with E-state index in [1.165, 1.54) is 0 Å². The van der Waals surface area contributed by atoms with Gasteiger partial charge in [0.15, 0.2) is 6.04 Å². The van der Waals surface area contributed by atoms with Gasteiger partial charge >= 0.3 is 23.9 Å². The number of nitrogens with one attached hydrogen (secondary N) is 6. The summed E-state index contributed by atoms with van der Waals surface area (Å²) in [6, 6.07) is -11.8. The van der Waals surface area contributed by atoms with Gasteiger partial charge in [0.25, 0.3) is 0 Å². The quantitative estimate of drug-likeness (QED) is 0.0406. The number of likely N-dealkylation sites (tertiary alicyclic amines) is 1. The third-order valence-corrected chi connectivity index (χ3v) is 8.94. The topological polar surface area (TPSA) is 433 Å². The lowest BCUT2D eigenvalue weighted by Crippen LogP contribution is -2.59. The fourth-order valence-corrected chi connectivity index (χ4v) is 5.56. The third-order valence-electron chi connectivity index (χ3n) is 8.94. The fraction of sp³-hybridized carbons (Fsp3) is 0.636. The molecule has 0 aromatic heterocycles. The molecule has 0 spiro atoms. The molecule has 15 N–H and O–H groups in total. The van der Waals surface area contributed by atoms with Gasteiger partial charge in [0.05, 0.1) is 44.4 Å². The summed E-state index contributed by atoms with van der Waals surface area (Å²) in [6.45, 7) is 3.30. The average Bonchev–Trinajstić information content (AvgIpc) is 3.63. The molecule has 0 aliphatic carbocycles. The lowest BCUT2D eigenvalue weighted by molar-refractivity contribution is -0.147. The average molecular weight is 846 g/mol. The van der Waals surface area contributed by atoms with Crippen molar-refractivity contribution in [1.82, 2.24) is 36.8 Å². The molecule has 0 bridgehead atoms. The Bertz CT molecular complexity index is 1640. The van der Waals surface area contributed by atoms with E-state index in [1.54, 1.807) is 13.8 Å². The number of nitrogens with two attached hydrogens (primary N) is 2. The number of hydrogen-bond acceptors (Lipinski definition) is 14. The standard InChI is InChI=1S/C33H51N9O17/c1-4-13(2)25(35)31(56)40-18(11-24(50)51)32(57)42-7-5-6-19(42)30(55)39-17(10-23(48)49)28(53)38-15(8-20(34)44)27(52)36-12-21(45)37-16(9-22(46)47)29(54)41-26(14(3)43)33(58)59/h13-19,25-26,43H,4-12,35H2,1-3H3,(H2,34,44)(H,36,52)(H,37,45)(H,38,53)(H,39,55)(H,40,56)(H,41,54)(H,46,47)(H,48,49)(H,50,51)(H,58,59)/t13-,14+,15-,16-,17-,18-,19-,25-,26-/m0/s1. The van der Waals surface area contributed by atoms with E-state index in [1.807, 2.05) is 21.3 Å². The Morgan fingerprint density at radius 1 is 0.678 bits per heavy atom. The van der Waals surface area contributed by atoms with Crippen molar-refractivity contribution in [3.8, 4) is 0 Å². The Kier molecular flexibility index (Phi) is 20.3. The first-order chi connectivity index (χ1) is 27.4. The van der Waals surface area contributed by atoms with Crippen molar-refractivity contribution >= 4 is 71.1 Å². The number of nitrogens with zero attached hydrogens (tertiary/aromatic N) is 1. The first kappa shape index (κ1) is 50.6. The lowest BCUT2D eigenvalue weighted by atomic mass is 9.99. The molecule has 1 rings (SSSR count). The van der Waals surface area contributed by atoms with Crippen LogP contribution in [0.4, 0.5) is 0 Å². The van der Waals surface area contributed by atoms with Gasteiger partial charge in [-0.25, -0.2) is 4.79 Å². The molecule has 330 valence electrons. The second-order valence-electron chi connectivity index (χ2n) is 13.7. The monoisotopic (exact) mass is 845 g/mol. The van der Waals surface area contributed by atoms with Gasteiger partial charge in [0.1, 0.15) is 30.2 Å². The van der Waals surface area contributed by atoms with Crippen LogP contribution >= 0.6 is 0 Å². The van der Waals surface area contributed by atoms with Gasteiger partial charge in [-0.1, -0.05) is 20.3 Å². The van der Waals surface area contributed by atoms with Crippen LogP contribution in [0.2, 0.25) is 0 Å². The van der Waals surface area contributed by atoms with E-state index < -0.39 is 152 Å². The molecule has 26 heteroatoms. The lowest BCUT2D eigenvalue weighted by Gasteiger charge is -2.30. The molecular weight excluding hydrogens is 794 g/mol. The molecule has 0 aromatic carbocycles. The molecule has 0 aromatic rings. The van der Waals surface area contributed by atoms with Gasteiger partial charge in [-0.15, -0.1) is 0 Å². The molecule has 8 amide bonds. The fourth-order valence-electron chi connectivity index (χ4n) is 5.56. The van der Waals surface area contributed by atoms with E-state index in [4.69, 9.17) is 16.6 Å². The van der Waals surface area contributed by atoms with E-state index in [2.05, 4.69) is 10.6 Å². The third kappa shape index (κ3) is 16.9. The smallest absolute Gasteiger partial charge is 0.328 e. The largest absolute Gasteiger partial charge is 0.481 e. The Hall–Kier alpha value is -6.44. The molecule has 1 saturated heterocycles. The van der Waals surface area contributed by atoms with Crippen molar-refractivity contribution in [2.75, 3.05) is 13.1 Å². The summed E-state index contributed by atoms with van der Waals surface area (Å²) in [5, 5.41) is 59.1. The highest BCUT2D eigenvalue weighted by molar-refractivity contribution is 5.99. The molecular formula is C33H51N9O17. The van der Waals surface area contributed by atoms with Crippen LogP contribution in [0.5, 0.6) is 0 Å². The zero-order valence-electron chi connectivity index (χ0n) is 32.3. The van der Waals surface area contributed by atoms with E-state index in [0.717, 1.165) is 11.8 Å². The van der Waals surface area contributed by atoms with Gasteiger partial charge in [-0.2, -0.15) is 0 Å². The highest BCUT2D eigenvalue weighted by Crippen LogP contribution is 2.20. The number of rotatable bonds is 25. The van der Waals surface area contributed by atoms with Gasteiger partial charge in [-0.05, 0) is 25.7 Å². The highest BCUT2D eigenvalue weighted by Gasteiger charge is 2.41. The number of aliphatic hydroxyl groups is 1. The van der Waals surface area contributed by atoms with Crippen molar-refractivity contribution < 1.29 is 83.1 Å². The molecule has 26 nitrogen and oxygen atoms in total. The minimum Gasteiger partial charge on any atom is -0.481 e. The Balaban J connectivity index is 3.16. The predicted octanol–water partition coefficient (Wildman–Crippen LogP) is -6.34. The summed E-state index contributed by atoms with van der Waals surface area (Å²) in [4.78, 5) is 150. The number of carboxylic acid groups (broad SMARTS) is 4. The summed E-state index contributed by atoms with van der Waals surface area (Å²) >= 11 is 0. The Morgan fingerprint density at radius 2 is 1.17 bits per heavy atom. The molecule has 1 fully saturated rings. The second-order valence-corrected chi connectivity index (χ2v) is 13.7. The van der Waals surface area contributed by atoms with Crippen molar-refractivity contribution in [3.05, 3.63) is 0 Å². The minimum absolute atomic E-state index is 0.0381. The predicted molar refractivity (Wildman–Crippen MR) is 195 cm³/mol. The summed E-state index contributed by atoms with van der Waals surface area (Å²) in [5.74, 6) is -16.0. The van der Waals surface area contributed by atoms with Crippen LogP contribution in [0.1, 0.15) is 65.7 Å². The second kappa shape index (κ2) is 23.7. The van der Waals surface area contributed by atoms with Crippen molar-refractivity contribution in [2.45, 2.75) is 114 Å². The van der Waals surface area contributed by atoms with E-state index in [0.29, 0.717) is 6.42 Å². The first-order valence-corrected chi connectivity index (χ1v) is 18.1. The molecule has 1 heterocycles. The molecule has 1 aliphatic rings. The summed E-state index contributed by atoms with van der Waals surface area (Å²) in [6.07, 6.45) is -5.01. The van der Waals surface area contributed by atoms with Crippen LogP contribution < -0.4 is 43.4 Å². The van der Waals surface area contributed by atoms with Crippen LogP contribution in [0, 0.1) is 5.92 Å². The number of amides is 8. The maximum absolute atomic E-state index is 13.5. The number of aliphatic hydroxyl groups excluding tert-OH is 1. The molecule has 1 aliphatic heterocycles. The van der Waals surface area contributed by atoms with Crippen LogP contribution in [0.3, 0.4) is 0 Å². The molecule has 0 unspecified atom stereocenters. The molecule has 59 heavy (non-hydrogen) atoms. The molecule has 9 atom stereocenters. The normalized spacial score (nSPS) is 17.5. The summed E-state index contributed by atoms with van der Waals surface area (Å²) in [7, 11) is 0. The van der Waals surface area contributed by atoms with Crippen molar-refractivity contribution in [2.24, 2.45) is 17.4 Å². The van der Waals surface area contributed by atoms with Gasteiger partial charge in [0, 0.05) is 6.54 Å². The van der Waals surface area contributed by atoms with Crippen molar-refractivity contribution in [3.63, 3.8) is 0 Å². The van der Waals surface area contributed by atoms with E-state index in [-0.39, 0.29) is 25.3 Å². The maximum atomic E-state index is 13.5. The van der Waals surface area contributed by atoms with E-state index >= 15 is 0 Å². The van der Waals surface area contributed by atoms with E-state index in [9.17, 15) is 78.0 Å². The number of carboxylic acids is 4. The number of carbonyl (C=O) groups excluding carboxylic acids is 8.